The maximum Gasteiger partial charge on any atom is 0.131 e. The molecule has 18 heavy (non-hydrogen) atoms. The third kappa shape index (κ3) is 2.48. The molecule has 0 aliphatic heterocycles. The van der Waals surface area contributed by atoms with Crippen molar-refractivity contribution in [3.05, 3.63) is 35.4 Å². The van der Waals surface area contributed by atoms with Crippen LogP contribution < -0.4 is 5.73 Å². The van der Waals surface area contributed by atoms with Gasteiger partial charge < -0.3 is 10.3 Å². The van der Waals surface area contributed by atoms with E-state index in [4.69, 9.17) is 17.3 Å². The monoisotopic (exact) mass is 267 g/mol. The highest BCUT2D eigenvalue weighted by Gasteiger charge is 2.13. The molecule has 2 N–H and O–H groups in total. The van der Waals surface area contributed by atoms with Gasteiger partial charge in [0.2, 0.25) is 0 Å². The summed E-state index contributed by atoms with van der Waals surface area (Å²) in [4.78, 5) is 4.26. The SMILES string of the molecule is CC(C)Cn1cnc(-c2ccc(F)cc2Cl)c1N. The molecule has 0 aliphatic rings. The molecule has 2 aromatic rings. The molecule has 0 radical (unpaired) electrons. The lowest BCUT2D eigenvalue weighted by molar-refractivity contribution is 0.527. The van der Waals surface area contributed by atoms with Crippen molar-refractivity contribution in [2.45, 2.75) is 20.4 Å². The van der Waals surface area contributed by atoms with E-state index >= 15 is 0 Å². The van der Waals surface area contributed by atoms with Gasteiger partial charge in [0.25, 0.3) is 0 Å². The quantitative estimate of drug-likeness (QED) is 0.924. The normalized spacial score (nSPS) is 11.2. The van der Waals surface area contributed by atoms with E-state index in [1.807, 2.05) is 4.57 Å². The van der Waals surface area contributed by atoms with Gasteiger partial charge >= 0.3 is 0 Å². The number of benzene rings is 1. The van der Waals surface area contributed by atoms with Crippen molar-refractivity contribution in [1.82, 2.24) is 9.55 Å². The lowest BCUT2D eigenvalue weighted by Gasteiger charge is -2.08. The first-order valence-corrected chi connectivity index (χ1v) is 6.13. The molecule has 3 nitrogen and oxygen atoms in total. The molecule has 0 fully saturated rings. The topological polar surface area (TPSA) is 43.8 Å². The number of hydrogen-bond acceptors (Lipinski definition) is 2. The number of halogens is 2. The molecule has 0 bridgehead atoms. The first-order valence-electron chi connectivity index (χ1n) is 5.75. The fourth-order valence-electron chi connectivity index (χ4n) is 1.82. The maximum atomic E-state index is 13.0. The molecule has 1 heterocycles. The second-order valence-corrected chi connectivity index (χ2v) is 5.06. The smallest absolute Gasteiger partial charge is 0.131 e. The minimum absolute atomic E-state index is 0.316. The lowest BCUT2D eigenvalue weighted by Crippen LogP contribution is -2.06. The molecule has 96 valence electrons. The number of hydrogen-bond donors (Lipinski definition) is 1. The van der Waals surface area contributed by atoms with Gasteiger partial charge in [0, 0.05) is 12.1 Å². The minimum Gasteiger partial charge on any atom is -0.383 e. The average molecular weight is 268 g/mol. The molecule has 0 saturated heterocycles. The van der Waals surface area contributed by atoms with Gasteiger partial charge in [0.1, 0.15) is 17.3 Å². The molecule has 0 atom stereocenters. The van der Waals surface area contributed by atoms with Crippen LogP contribution in [-0.4, -0.2) is 9.55 Å². The minimum atomic E-state index is -0.371. The number of aromatic nitrogens is 2. The number of nitrogens with two attached hydrogens (primary N) is 1. The first-order chi connectivity index (χ1) is 8.49. The number of nitrogen functional groups attached to an aromatic ring is 1. The molecule has 1 aromatic carbocycles. The third-order valence-corrected chi connectivity index (χ3v) is 2.94. The van der Waals surface area contributed by atoms with Gasteiger partial charge in [-0.25, -0.2) is 9.37 Å². The Kier molecular flexibility index (Phi) is 3.57. The zero-order valence-corrected chi connectivity index (χ0v) is 11.1. The number of anilines is 1. The number of nitrogens with zero attached hydrogens (tertiary/aromatic N) is 2. The largest absolute Gasteiger partial charge is 0.383 e. The van der Waals surface area contributed by atoms with E-state index in [1.165, 1.54) is 12.1 Å². The molecule has 2 rings (SSSR count). The van der Waals surface area contributed by atoms with Crippen LogP contribution in [-0.2, 0) is 6.54 Å². The summed E-state index contributed by atoms with van der Waals surface area (Å²) in [5.74, 6) is 0.652. The zero-order chi connectivity index (χ0) is 13.3. The summed E-state index contributed by atoms with van der Waals surface area (Å²) in [7, 11) is 0. The highest BCUT2D eigenvalue weighted by Crippen LogP contribution is 2.31. The van der Waals surface area contributed by atoms with Gasteiger partial charge in [-0.2, -0.15) is 0 Å². The van der Waals surface area contributed by atoms with Crippen molar-refractivity contribution in [2.75, 3.05) is 5.73 Å². The Labute approximate surface area is 110 Å². The molecule has 5 heteroatoms. The van der Waals surface area contributed by atoms with Gasteiger partial charge in [-0.3, -0.25) is 0 Å². The van der Waals surface area contributed by atoms with E-state index in [0.717, 1.165) is 6.54 Å². The number of imidazole rings is 1. The van der Waals surface area contributed by atoms with E-state index in [2.05, 4.69) is 18.8 Å². The van der Waals surface area contributed by atoms with Crippen LogP contribution in [0.25, 0.3) is 11.3 Å². The summed E-state index contributed by atoms with van der Waals surface area (Å²) in [6.45, 7) is 4.99. The second-order valence-electron chi connectivity index (χ2n) is 4.65. The first kappa shape index (κ1) is 12.9. The predicted octanol–water partition coefficient (Wildman–Crippen LogP) is 3.58. The van der Waals surface area contributed by atoms with Crippen molar-refractivity contribution in [2.24, 2.45) is 5.92 Å². The highest BCUT2D eigenvalue weighted by atomic mass is 35.5. The molecule has 0 aliphatic carbocycles. The summed E-state index contributed by atoms with van der Waals surface area (Å²) < 4.78 is 14.9. The molecule has 0 amide bonds. The van der Waals surface area contributed by atoms with Crippen LogP contribution in [0.1, 0.15) is 13.8 Å². The second kappa shape index (κ2) is 4.98. The Balaban J connectivity index is 2.42. The van der Waals surface area contributed by atoms with E-state index in [9.17, 15) is 4.39 Å². The molecular formula is C13H15ClFN3. The molecule has 0 spiro atoms. The molecule has 1 aromatic heterocycles. The standard InChI is InChI=1S/C13H15ClFN3/c1-8(2)6-18-7-17-12(13(18)16)10-4-3-9(15)5-11(10)14/h3-5,7-8H,6,16H2,1-2H3. The zero-order valence-electron chi connectivity index (χ0n) is 10.3. The van der Waals surface area contributed by atoms with Crippen molar-refractivity contribution < 1.29 is 4.39 Å². The molecule has 0 saturated carbocycles. The van der Waals surface area contributed by atoms with E-state index in [1.54, 1.807) is 12.4 Å². The van der Waals surface area contributed by atoms with Crippen molar-refractivity contribution in [3.8, 4) is 11.3 Å². The fourth-order valence-corrected chi connectivity index (χ4v) is 2.08. The van der Waals surface area contributed by atoms with Crippen LogP contribution in [0.5, 0.6) is 0 Å². The van der Waals surface area contributed by atoms with E-state index in [0.29, 0.717) is 28.0 Å². The van der Waals surface area contributed by atoms with Gasteiger partial charge in [-0.1, -0.05) is 25.4 Å². The Hall–Kier alpha value is -1.55. The summed E-state index contributed by atoms with van der Waals surface area (Å²) in [6.07, 6.45) is 1.68. The Morgan fingerprint density at radius 2 is 2.17 bits per heavy atom. The summed E-state index contributed by atoms with van der Waals surface area (Å²) in [5, 5.41) is 0.316. The fraction of sp³-hybridized carbons (Fsp3) is 0.308. The predicted molar refractivity (Wildman–Crippen MR) is 71.9 cm³/mol. The maximum absolute atomic E-state index is 13.0. The molecular weight excluding hydrogens is 253 g/mol. The highest BCUT2D eigenvalue weighted by molar-refractivity contribution is 6.33. The van der Waals surface area contributed by atoms with Crippen LogP contribution in [0, 0.1) is 11.7 Å². The van der Waals surface area contributed by atoms with Crippen LogP contribution in [0.2, 0.25) is 5.02 Å². The van der Waals surface area contributed by atoms with Gasteiger partial charge in [-0.15, -0.1) is 0 Å². The summed E-state index contributed by atoms with van der Waals surface area (Å²) in [5.41, 5.74) is 7.29. The van der Waals surface area contributed by atoms with Gasteiger partial charge in [0.05, 0.1) is 11.3 Å². The van der Waals surface area contributed by atoms with Gasteiger partial charge in [-0.05, 0) is 24.1 Å². The van der Waals surface area contributed by atoms with Crippen LogP contribution >= 0.6 is 11.6 Å². The van der Waals surface area contributed by atoms with E-state index in [-0.39, 0.29) is 5.82 Å². The van der Waals surface area contributed by atoms with Crippen LogP contribution in [0.3, 0.4) is 0 Å². The lowest BCUT2D eigenvalue weighted by atomic mass is 10.1. The van der Waals surface area contributed by atoms with Crippen LogP contribution in [0.15, 0.2) is 24.5 Å². The Morgan fingerprint density at radius 3 is 2.78 bits per heavy atom. The van der Waals surface area contributed by atoms with Crippen molar-refractivity contribution >= 4 is 17.4 Å². The Morgan fingerprint density at radius 1 is 1.44 bits per heavy atom. The summed E-state index contributed by atoms with van der Waals surface area (Å²) in [6, 6.07) is 4.20. The summed E-state index contributed by atoms with van der Waals surface area (Å²) >= 11 is 6.01. The van der Waals surface area contributed by atoms with Crippen molar-refractivity contribution in [1.29, 1.82) is 0 Å². The van der Waals surface area contributed by atoms with Crippen LogP contribution in [0.4, 0.5) is 10.2 Å². The van der Waals surface area contributed by atoms with E-state index < -0.39 is 0 Å². The number of rotatable bonds is 3. The van der Waals surface area contributed by atoms with Crippen molar-refractivity contribution in [3.63, 3.8) is 0 Å². The Bertz CT molecular complexity index is 563. The molecule has 0 unspecified atom stereocenters. The third-order valence-electron chi connectivity index (χ3n) is 2.63. The average Bonchev–Trinajstić information content (AvgIpc) is 2.60. The van der Waals surface area contributed by atoms with Gasteiger partial charge in [0.15, 0.2) is 0 Å².